The van der Waals surface area contributed by atoms with Crippen LogP contribution in [-0.4, -0.2) is 67.7 Å². The molecule has 1 aliphatic heterocycles. The van der Waals surface area contributed by atoms with Gasteiger partial charge >= 0.3 is 0 Å². The minimum absolute atomic E-state index is 0.00162. The number of ether oxygens (including phenoxy) is 3. The molecule has 2 unspecified atom stereocenters. The van der Waals surface area contributed by atoms with E-state index in [2.05, 4.69) is 25.8 Å². The fourth-order valence-electron chi connectivity index (χ4n) is 3.26. The van der Waals surface area contributed by atoms with Gasteiger partial charge in [-0.25, -0.2) is 0 Å². The fraction of sp³-hybridized carbons (Fsp3) is 0.650. The average molecular weight is 364 g/mol. The molecule has 6 heteroatoms. The van der Waals surface area contributed by atoms with Crippen LogP contribution in [0.4, 0.5) is 0 Å². The van der Waals surface area contributed by atoms with Crippen molar-refractivity contribution in [2.45, 2.75) is 46.7 Å². The zero-order chi connectivity index (χ0) is 19.3. The first-order chi connectivity index (χ1) is 12.4. The number of benzene rings is 1. The Morgan fingerprint density at radius 1 is 0.962 bits per heavy atom. The third-order valence-corrected chi connectivity index (χ3v) is 4.80. The number of carbonyl (C=O) groups excluding carboxylic acids is 1. The van der Waals surface area contributed by atoms with Crippen LogP contribution in [0.3, 0.4) is 0 Å². The van der Waals surface area contributed by atoms with E-state index in [4.69, 9.17) is 14.2 Å². The van der Waals surface area contributed by atoms with Crippen molar-refractivity contribution in [2.24, 2.45) is 0 Å². The second kappa shape index (κ2) is 9.12. The van der Waals surface area contributed by atoms with Gasteiger partial charge in [0.05, 0.1) is 19.8 Å². The van der Waals surface area contributed by atoms with Gasteiger partial charge < -0.3 is 19.1 Å². The number of rotatable bonds is 7. The van der Waals surface area contributed by atoms with E-state index in [0.29, 0.717) is 67.8 Å². The summed E-state index contributed by atoms with van der Waals surface area (Å²) in [6.45, 7) is 12.9. The van der Waals surface area contributed by atoms with Crippen LogP contribution in [0.15, 0.2) is 12.1 Å². The van der Waals surface area contributed by atoms with E-state index >= 15 is 0 Å². The van der Waals surface area contributed by atoms with E-state index in [1.54, 1.807) is 12.1 Å². The quantitative estimate of drug-likeness (QED) is 0.744. The summed E-state index contributed by atoms with van der Waals surface area (Å²) in [6.07, 6.45) is 0. The summed E-state index contributed by atoms with van der Waals surface area (Å²) in [6, 6.07) is 4.19. The third kappa shape index (κ3) is 4.41. The molecule has 146 valence electrons. The maximum Gasteiger partial charge on any atom is 0.254 e. The highest BCUT2D eigenvalue weighted by Crippen LogP contribution is 2.39. The highest BCUT2D eigenvalue weighted by atomic mass is 16.5. The molecule has 1 fully saturated rings. The molecule has 2 rings (SSSR count). The molecule has 6 nitrogen and oxygen atoms in total. The predicted octanol–water partition coefficient (Wildman–Crippen LogP) is 3.05. The lowest BCUT2D eigenvalue weighted by atomic mass is 10.1. The van der Waals surface area contributed by atoms with E-state index in [0.717, 1.165) is 0 Å². The number of likely N-dealkylation sites (N-methyl/N-ethyl adjacent to an activating group) is 1. The molecular weight excluding hydrogens is 332 g/mol. The number of amides is 1. The van der Waals surface area contributed by atoms with Gasteiger partial charge in [-0.15, -0.1) is 0 Å². The molecule has 0 spiro atoms. The van der Waals surface area contributed by atoms with E-state index in [1.807, 2.05) is 25.7 Å². The van der Waals surface area contributed by atoms with Gasteiger partial charge in [0.25, 0.3) is 5.91 Å². The standard InChI is InChI=1S/C20H32N2O4/c1-7-24-17-10-16(11-18(25-8-2)19(17)26-9-3)20(23)22-12-14(4)21(6)15(5)13-22/h10-11,14-15H,7-9,12-13H2,1-6H3. The Bertz CT molecular complexity index is 581. The van der Waals surface area contributed by atoms with Gasteiger partial charge in [0, 0.05) is 30.7 Å². The first-order valence-electron chi connectivity index (χ1n) is 9.50. The fourth-order valence-corrected chi connectivity index (χ4v) is 3.26. The van der Waals surface area contributed by atoms with Crippen molar-refractivity contribution in [3.63, 3.8) is 0 Å². The van der Waals surface area contributed by atoms with Gasteiger partial charge in [0.15, 0.2) is 11.5 Å². The minimum Gasteiger partial charge on any atom is -0.490 e. The topological polar surface area (TPSA) is 51.2 Å². The lowest BCUT2D eigenvalue weighted by molar-refractivity contribution is 0.0413. The molecule has 1 aliphatic rings. The Hall–Kier alpha value is -1.95. The van der Waals surface area contributed by atoms with E-state index in [1.165, 1.54) is 0 Å². The molecule has 0 bridgehead atoms. The molecule has 2 atom stereocenters. The lowest BCUT2D eigenvalue weighted by Gasteiger charge is -2.42. The van der Waals surface area contributed by atoms with Crippen molar-refractivity contribution in [3.05, 3.63) is 17.7 Å². The largest absolute Gasteiger partial charge is 0.490 e. The normalized spacial score (nSPS) is 20.8. The zero-order valence-electron chi connectivity index (χ0n) is 16.9. The molecule has 1 aromatic carbocycles. The second-order valence-corrected chi connectivity index (χ2v) is 6.67. The van der Waals surface area contributed by atoms with Gasteiger partial charge in [-0.2, -0.15) is 0 Å². The van der Waals surface area contributed by atoms with Crippen LogP contribution >= 0.6 is 0 Å². The third-order valence-electron chi connectivity index (χ3n) is 4.80. The number of hydrogen-bond acceptors (Lipinski definition) is 5. The summed E-state index contributed by atoms with van der Waals surface area (Å²) in [7, 11) is 2.11. The van der Waals surface area contributed by atoms with E-state index in [9.17, 15) is 4.79 Å². The SMILES string of the molecule is CCOc1cc(C(=O)N2CC(C)N(C)C(C)C2)cc(OCC)c1OCC. The first kappa shape index (κ1) is 20.4. The van der Waals surface area contributed by atoms with Gasteiger partial charge in [-0.1, -0.05) is 0 Å². The first-order valence-corrected chi connectivity index (χ1v) is 9.50. The highest BCUT2D eigenvalue weighted by molar-refractivity contribution is 5.95. The summed E-state index contributed by atoms with van der Waals surface area (Å²) < 4.78 is 17.2. The van der Waals surface area contributed by atoms with Crippen LogP contribution in [0, 0.1) is 0 Å². The molecule has 0 N–H and O–H groups in total. The molecule has 1 aromatic rings. The molecule has 1 saturated heterocycles. The van der Waals surface area contributed by atoms with Crippen molar-refractivity contribution in [3.8, 4) is 17.2 Å². The number of hydrogen-bond donors (Lipinski definition) is 0. The van der Waals surface area contributed by atoms with Gasteiger partial charge in [-0.3, -0.25) is 9.69 Å². The Labute approximate surface area is 157 Å². The number of nitrogens with zero attached hydrogens (tertiary/aromatic N) is 2. The zero-order valence-corrected chi connectivity index (χ0v) is 16.9. The number of piperazine rings is 1. The molecule has 26 heavy (non-hydrogen) atoms. The highest BCUT2D eigenvalue weighted by Gasteiger charge is 2.30. The van der Waals surface area contributed by atoms with Gasteiger partial charge in [0.1, 0.15) is 0 Å². The van der Waals surface area contributed by atoms with E-state index in [-0.39, 0.29) is 5.91 Å². The lowest BCUT2D eigenvalue weighted by Crippen LogP contribution is -2.56. The molecule has 1 amide bonds. The summed E-state index contributed by atoms with van der Waals surface area (Å²) in [5.74, 6) is 1.67. The van der Waals surface area contributed by atoms with Crippen molar-refractivity contribution in [1.82, 2.24) is 9.80 Å². The summed E-state index contributed by atoms with van der Waals surface area (Å²) in [5, 5.41) is 0. The minimum atomic E-state index is 0.00162. The monoisotopic (exact) mass is 364 g/mol. The van der Waals surface area contributed by atoms with Crippen molar-refractivity contribution in [2.75, 3.05) is 40.0 Å². The summed E-state index contributed by atoms with van der Waals surface area (Å²) in [4.78, 5) is 17.4. The van der Waals surface area contributed by atoms with Gasteiger partial charge in [-0.05, 0) is 53.8 Å². The van der Waals surface area contributed by atoms with Crippen LogP contribution < -0.4 is 14.2 Å². The Balaban J connectivity index is 2.36. The van der Waals surface area contributed by atoms with E-state index < -0.39 is 0 Å². The summed E-state index contributed by atoms with van der Waals surface area (Å²) >= 11 is 0. The van der Waals surface area contributed by atoms with Crippen LogP contribution in [0.1, 0.15) is 45.0 Å². The van der Waals surface area contributed by atoms with Crippen LogP contribution in [0.2, 0.25) is 0 Å². The van der Waals surface area contributed by atoms with Crippen molar-refractivity contribution in [1.29, 1.82) is 0 Å². The molecule has 1 heterocycles. The molecular formula is C20H32N2O4. The second-order valence-electron chi connectivity index (χ2n) is 6.67. The Morgan fingerprint density at radius 3 is 1.85 bits per heavy atom. The van der Waals surface area contributed by atoms with Crippen LogP contribution in [-0.2, 0) is 0 Å². The Kier molecular flexibility index (Phi) is 7.14. The Morgan fingerprint density at radius 2 is 1.42 bits per heavy atom. The van der Waals surface area contributed by atoms with Crippen LogP contribution in [0.25, 0.3) is 0 Å². The number of carbonyl (C=O) groups is 1. The van der Waals surface area contributed by atoms with Gasteiger partial charge in [0.2, 0.25) is 5.75 Å². The maximum absolute atomic E-state index is 13.1. The predicted molar refractivity (Wildman–Crippen MR) is 103 cm³/mol. The summed E-state index contributed by atoms with van der Waals surface area (Å²) in [5.41, 5.74) is 0.573. The van der Waals surface area contributed by atoms with Crippen LogP contribution in [0.5, 0.6) is 17.2 Å². The molecule has 0 radical (unpaired) electrons. The van der Waals surface area contributed by atoms with Crippen molar-refractivity contribution >= 4 is 5.91 Å². The average Bonchev–Trinajstić information content (AvgIpc) is 2.61. The smallest absolute Gasteiger partial charge is 0.254 e. The maximum atomic E-state index is 13.1. The van der Waals surface area contributed by atoms with Crippen molar-refractivity contribution < 1.29 is 19.0 Å². The molecule has 0 aliphatic carbocycles. The molecule has 0 aromatic heterocycles. The molecule has 0 saturated carbocycles.